The van der Waals surface area contributed by atoms with Crippen LogP contribution >= 0.6 is 0 Å². The first-order valence-electron chi connectivity index (χ1n) is 14.0. The summed E-state index contributed by atoms with van der Waals surface area (Å²) in [4.78, 5) is 3.43. The molecule has 3 heteroatoms. The minimum absolute atomic E-state index is 0.392. The number of aromatic amines is 1. The first kappa shape index (κ1) is 23.3. The summed E-state index contributed by atoms with van der Waals surface area (Å²) in [6, 6.07) is 16.2. The summed E-state index contributed by atoms with van der Waals surface area (Å²) in [5, 5.41) is 9.01. The SMILES string of the molecule is CCn1nc(C)c(C2Cc3c(ccc4cc(-c5cccc6[nH]cc(C)c56)cc(C)c34)C3=C2CCC=C3)c1C. The van der Waals surface area contributed by atoms with Gasteiger partial charge in [-0.05, 0) is 116 Å². The van der Waals surface area contributed by atoms with Crippen molar-refractivity contribution >= 4 is 27.2 Å². The number of allylic oxidation sites excluding steroid dienone is 4. The van der Waals surface area contributed by atoms with Gasteiger partial charge < -0.3 is 4.98 Å². The number of nitrogens with zero attached hydrogens (tertiary/aromatic N) is 2. The zero-order chi connectivity index (χ0) is 26.1. The highest BCUT2D eigenvalue weighted by Crippen LogP contribution is 2.48. The van der Waals surface area contributed by atoms with Gasteiger partial charge in [-0.15, -0.1) is 0 Å². The summed E-state index contributed by atoms with van der Waals surface area (Å²) >= 11 is 0. The number of rotatable bonds is 3. The Morgan fingerprint density at radius 1 is 0.974 bits per heavy atom. The highest BCUT2D eigenvalue weighted by atomic mass is 15.3. The topological polar surface area (TPSA) is 33.6 Å². The molecule has 2 heterocycles. The molecule has 3 aromatic carbocycles. The second-order valence-corrected chi connectivity index (χ2v) is 11.2. The van der Waals surface area contributed by atoms with Gasteiger partial charge in [0.1, 0.15) is 0 Å². The maximum absolute atomic E-state index is 4.92. The van der Waals surface area contributed by atoms with Crippen LogP contribution in [0.15, 0.2) is 66.4 Å². The van der Waals surface area contributed by atoms with Gasteiger partial charge in [-0.3, -0.25) is 4.68 Å². The first-order chi connectivity index (χ1) is 18.5. The van der Waals surface area contributed by atoms with Crippen molar-refractivity contribution in [2.75, 3.05) is 0 Å². The summed E-state index contributed by atoms with van der Waals surface area (Å²) in [5.41, 5.74) is 16.4. The number of fused-ring (bicyclic) bond motifs is 5. The molecule has 0 bridgehead atoms. The Balaban J connectivity index is 1.45. The molecule has 1 atom stereocenters. The van der Waals surface area contributed by atoms with Gasteiger partial charge in [0.05, 0.1) is 5.69 Å². The fourth-order valence-corrected chi connectivity index (χ4v) is 7.42. The van der Waals surface area contributed by atoms with Crippen molar-refractivity contribution in [1.82, 2.24) is 14.8 Å². The van der Waals surface area contributed by atoms with E-state index in [-0.39, 0.29) is 0 Å². The van der Waals surface area contributed by atoms with Crippen LogP contribution in [-0.2, 0) is 13.0 Å². The molecule has 3 nitrogen and oxygen atoms in total. The second-order valence-electron chi connectivity index (χ2n) is 11.2. The summed E-state index contributed by atoms with van der Waals surface area (Å²) in [6.07, 6.45) is 10.2. The van der Waals surface area contributed by atoms with Gasteiger partial charge >= 0.3 is 0 Å². The van der Waals surface area contributed by atoms with E-state index in [0.717, 1.165) is 25.8 Å². The second kappa shape index (κ2) is 8.59. The number of hydrogen-bond acceptors (Lipinski definition) is 1. The lowest BCUT2D eigenvalue weighted by Crippen LogP contribution is -2.18. The molecule has 2 aliphatic rings. The third kappa shape index (κ3) is 3.31. The monoisotopic (exact) mass is 497 g/mol. The number of hydrogen-bond donors (Lipinski definition) is 1. The molecule has 7 rings (SSSR count). The molecule has 0 spiro atoms. The van der Waals surface area contributed by atoms with Crippen LogP contribution in [0, 0.1) is 27.7 Å². The van der Waals surface area contributed by atoms with Gasteiger partial charge in [0.25, 0.3) is 0 Å². The van der Waals surface area contributed by atoms with Crippen molar-refractivity contribution in [1.29, 1.82) is 0 Å². The lowest BCUT2D eigenvalue weighted by Gasteiger charge is -2.33. The highest BCUT2D eigenvalue weighted by Gasteiger charge is 2.33. The van der Waals surface area contributed by atoms with Crippen molar-refractivity contribution in [3.8, 4) is 11.1 Å². The average molecular weight is 498 g/mol. The van der Waals surface area contributed by atoms with Crippen LogP contribution in [-0.4, -0.2) is 14.8 Å². The predicted molar refractivity (Wildman–Crippen MR) is 160 cm³/mol. The average Bonchev–Trinajstić information content (AvgIpc) is 3.45. The molecule has 0 saturated carbocycles. The van der Waals surface area contributed by atoms with Crippen LogP contribution < -0.4 is 0 Å². The fraction of sp³-hybridized carbons (Fsp3) is 0.286. The van der Waals surface area contributed by atoms with Crippen LogP contribution in [0.1, 0.15) is 64.9 Å². The lowest BCUT2D eigenvalue weighted by atomic mass is 9.70. The van der Waals surface area contributed by atoms with Crippen molar-refractivity contribution in [2.45, 2.75) is 66.3 Å². The maximum atomic E-state index is 4.92. The summed E-state index contributed by atoms with van der Waals surface area (Å²) < 4.78 is 2.18. The van der Waals surface area contributed by atoms with Crippen molar-refractivity contribution in [3.05, 3.63) is 106 Å². The highest BCUT2D eigenvalue weighted by molar-refractivity contribution is 6.02. The zero-order valence-electron chi connectivity index (χ0n) is 23.1. The summed E-state index contributed by atoms with van der Waals surface area (Å²) in [6.45, 7) is 12.1. The van der Waals surface area contributed by atoms with Crippen molar-refractivity contribution in [3.63, 3.8) is 0 Å². The van der Waals surface area contributed by atoms with E-state index in [0.29, 0.717) is 5.92 Å². The largest absolute Gasteiger partial charge is 0.361 e. The quantitative estimate of drug-likeness (QED) is 0.265. The standard InChI is InChI=1S/C35H35N3/c1-6-38-23(5)35(22(4)37-38)31-18-30-29(27-10-7-8-11-28(27)31)15-14-24-17-25(16-20(2)33(24)30)26-12-9-13-32-34(26)21(3)19-36-32/h7,9-10,12-17,19,31,36H,6,8,11,18H2,1-5H3. The molecule has 5 aromatic rings. The van der Waals surface area contributed by atoms with E-state index in [1.54, 1.807) is 5.57 Å². The molecule has 1 N–H and O–H groups in total. The minimum Gasteiger partial charge on any atom is -0.361 e. The minimum atomic E-state index is 0.392. The van der Waals surface area contributed by atoms with Gasteiger partial charge in [0, 0.05) is 40.8 Å². The predicted octanol–water partition coefficient (Wildman–Crippen LogP) is 8.88. The van der Waals surface area contributed by atoms with Crippen LogP contribution in [0.5, 0.6) is 0 Å². The van der Waals surface area contributed by atoms with Gasteiger partial charge in [0.2, 0.25) is 0 Å². The molecule has 0 amide bonds. The molecular formula is C35H35N3. The van der Waals surface area contributed by atoms with Crippen LogP contribution in [0.3, 0.4) is 0 Å². The molecule has 0 radical (unpaired) electrons. The third-order valence-electron chi connectivity index (χ3n) is 9.05. The number of nitrogens with one attached hydrogen (secondary N) is 1. The Labute approximate surface area is 224 Å². The third-order valence-corrected chi connectivity index (χ3v) is 9.05. The van der Waals surface area contributed by atoms with Crippen LogP contribution in [0.4, 0.5) is 0 Å². The van der Waals surface area contributed by atoms with Gasteiger partial charge in [-0.2, -0.15) is 5.10 Å². The zero-order valence-corrected chi connectivity index (χ0v) is 23.1. The molecule has 0 aliphatic heterocycles. The van der Waals surface area contributed by atoms with Gasteiger partial charge in [0.15, 0.2) is 0 Å². The molecule has 2 aromatic heterocycles. The molecule has 1 unspecified atom stereocenters. The van der Waals surface area contributed by atoms with E-state index < -0.39 is 0 Å². The van der Waals surface area contributed by atoms with Crippen LogP contribution in [0.25, 0.3) is 38.4 Å². The normalized spacial score (nSPS) is 16.9. The molecule has 0 fully saturated rings. The van der Waals surface area contributed by atoms with E-state index in [2.05, 4.69) is 105 Å². The number of aromatic nitrogens is 3. The van der Waals surface area contributed by atoms with E-state index in [1.165, 1.54) is 77.6 Å². The fourth-order valence-electron chi connectivity index (χ4n) is 7.42. The van der Waals surface area contributed by atoms with E-state index in [1.807, 2.05) is 0 Å². The molecule has 0 saturated heterocycles. The van der Waals surface area contributed by atoms with Gasteiger partial charge in [-0.25, -0.2) is 0 Å². The summed E-state index contributed by atoms with van der Waals surface area (Å²) in [5.74, 6) is 0.392. The Bertz CT molecular complexity index is 1820. The molecule has 2 aliphatic carbocycles. The Morgan fingerprint density at radius 3 is 2.66 bits per heavy atom. The van der Waals surface area contributed by atoms with E-state index in [9.17, 15) is 0 Å². The Morgan fingerprint density at radius 2 is 1.84 bits per heavy atom. The van der Waals surface area contributed by atoms with Gasteiger partial charge in [-0.1, -0.05) is 48.1 Å². The Hall–Kier alpha value is -3.85. The lowest BCUT2D eigenvalue weighted by molar-refractivity contribution is 0.631. The number of aryl methyl sites for hydroxylation is 4. The van der Waals surface area contributed by atoms with Crippen molar-refractivity contribution in [2.24, 2.45) is 0 Å². The molecular weight excluding hydrogens is 462 g/mol. The van der Waals surface area contributed by atoms with Crippen LogP contribution in [0.2, 0.25) is 0 Å². The molecule has 38 heavy (non-hydrogen) atoms. The van der Waals surface area contributed by atoms with E-state index >= 15 is 0 Å². The number of benzene rings is 3. The number of H-pyrrole nitrogens is 1. The Kier molecular flexibility index (Phi) is 5.26. The smallest absolute Gasteiger partial charge is 0.0634 e. The summed E-state index contributed by atoms with van der Waals surface area (Å²) in [7, 11) is 0. The molecule has 190 valence electrons. The van der Waals surface area contributed by atoms with Crippen molar-refractivity contribution < 1.29 is 0 Å². The maximum Gasteiger partial charge on any atom is 0.0634 e. The van der Waals surface area contributed by atoms with E-state index in [4.69, 9.17) is 5.10 Å². The first-order valence-corrected chi connectivity index (χ1v) is 14.0.